The Morgan fingerprint density at radius 1 is 1.33 bits per heavy atom. The lowest BCUT2D eigenvalue weighted by atomic mass is 9.87. The van der Waals surface area contributed by atoms with E-state index >= 15 is 0 Å². The van der Waals surface area contributed by atoms with Crippen LogP contribution in [0.1, 0.15) is 46.5 Å². The van der Waals surface area contributed by atoms with Crippen molar-refractivity contribution in [1.29, 1.82) is 0 Å². The summed E-state index contributed by atoms with van der Waals surface area (Å²) in [5, 5.41) is 8.75. The van der Waals surface area contributed by atoms with Crippen LogP contribution in [0.25, 0.3) is 0 Å². The van der Waals surface area contributed by atoms with Crippen LogP contribution >= 0.6 is 0 Å². The molecule has 0 aromatic rings. The van der Waals surface area contributed by atoms with Gasteiger partial charge in [-0.05, 0) is 45.4 Å². The molecule has 2 atom stereocenters. The fourth-order valence-electron chi connectivity index (χ4n) is 1.95. The van der Waals surface area contributed by atoms with E-state index in [0.29, 0.717) is 18.8 Å². The third-order valence-electron chi connectivity index (χ3n) is 2.93. The average molecular weight is 252 g/mol. The number of carboxylic acids is 1. The predicted octanol–water partition coefficient (Wildman–Crippen LogP) is 3.61. The van der Waals surface area contributed by atoms with Gasteiger partial charge in [0.25, 0.3) is 0 Å². The molecule has 2 unspecified atom stereocenters. The second-order valence-corrected chi connectivity index (χ2v) is 5.09. The van der Waals surface area contributed by atoms with Crippen LogP contribution in [0.3, 0.4) is 0 Å². The Morgan fingerprint density at radius 3 is 2.39 bits per heavy atom. The lowest BCUT2D eigenvalue weighted by molar-refractivity contribution is -0.151. The molecule has 0 aliphatic rings. The zero-order valence-corrected chi connectivity index (χ0v) is 11.6. The van der Waals surface area contributed by atoms with Gasteiger partial charge < -0.3 is 5.11 Å². The highest BCUT2D eigenvalue weighted by Crippen LogP contribution is 2.21. The Hall–Kier alpha value is -1.38. The first-order valence-electron chi connectivity index (χ1n) is 6.39. The maximum Gasteiger partial charge on any atom is 0.372 e. The molecule has 3 heteroatoms. The summed E-state index contributed by atoms with van der Waals surface area (Å²) in [4.78, 5) is 22.2. The first kappa shape index (κ1) is 16.6. The monoisotopic (exact) mass is 252 g/mol. The highest BCUT2D eigenvalue weighted by atomic mass is 16.4. The number of rotatable bonds is 9. The zero-order valence-electron chi connectivity index (χ0n) is 11.6. The summed E-state index contributed by atoms with van der Waals surface area (Å²) in [5.41, 5.74) is 1.28. The minimum absolute atomic E-state index is 0.342. The van der Waals surface area contributed by atoms with Gasteiger partial charge in [0.05, 0.1) is 0 Å². The molecule has 0 aromatic carbocycles. The van der Waals surface area contributed by atoms with E-state index in [4.69, 9.17) is 5.11 Å². The molecule has 0 bridgehead atoms. The van der Waals surface area contributed by atoms with E-state index in [1.54, 1.807) is 6.08 Å². The Morgan fingerprint density at radius 2 is 1.94 bits per heavy atom. The number of carbonyl (C=O) groups excluding carboxylic acids is 1. The standard InChI is InChI=1S/C15H24O3/c1-5-7-13(14(16)15(17)18)10-12(4)9-6-8-11(2)3/h5,8,12-13H,1,6-7,9-10H2,2-4H3,(H,17,18). The first-order chi connectivity index (χ1) is 8.38. The van der Waals surface area contributed by atoms with Crippen molar-refractivity contribution in [2.24, 2.45) is 11.8 Å². The minimum Gasteiger partial charge on any atom is -0.475 e. The van der Waals surface area contributed by atoms with Crippen LogP contribution in [0.4, 0.5) is 0 Å². The van der Waals surface area contributed by atoms with Crippen LogP contribution in [0, 0.1) is 11.8 Å². The van der Waals surface area contributed by atoms with E-state index in [0.717, 1.165) is 12.8 Å². The van der Waals surface area contributed by atoms with Crippen LogP contribution in [0.5, 0.6) is 0 Å². The molecule has 102 valence electrons. The van der Waals surface area contributed by atoms with E-state index in [2.05, 4.69) is 33.4 Å². The van der Waals surface area contributed by atoms with Gasteiger partial charge in [-0.1, -0.05) is 24.6 Å². The topological polar surface area (TPSA) is 54.4 Å². The summed E-state index contributed by atoms with van der Waals surface area (Å²) in [5.74, 6) is -2.11. The fraction of sp³-hybridized carbons (Fsp3) is 0.600. The van der Waals surface area contributed by atoms with E-state index in [9.17, 15) is 9.59 Å². The molecule has 0 fully saturated rings. The summed E-state index contributed by atoms with van der Waals surface area (Å²) in [6, 6.07) is 0. The lowest BCUT2D eigenvalue weighted by Gasteiger charge is -2.16. The van der Waals surface area contributed by atoms with Gasteiger partial charge in [0, 0.05) is 5.92 Å². The number of carboxylic acid groups (broad SMARTS) is 1. The molecule has 0 rings (SSSR count). The molecule has 3 nitrogen and oxygen atoms in total. The smallest absolute Gasteiger partial charge is 0.372 e. The second-order valence-electron chi connectivity index (χ2n) is 5.09. The van der Waals surface area contributed by atoms with Crippen molar-refractivity contribution in [1.82, 2.24) is 0 Å². The number of aliphatic carboxylic acids is 1. The molecule has 0 aliphatic heterocycles. The van der Waals surface area contributed by atoms with Crippen molar-refractivity contribution in [2.45, 2.75) is 46.5 Å². The Labute approximate surface area is 110 Å². The Kier molecular flexibility index (Phi) is 8.01. The van der Waals surface area contributed by atoms with E-state index < -0.39 is 17.7 Å². The number of hydrogen-bond donors (Lipinski definition) is 1. The number of allylic oxidation sites excluding steroid dienone is 3. The molecule has 0 spiro atoms. The van der Waals surface area contributed by atoms with Gasteiger partial charge in [-0.2, -0.15) is 0 Å². The van der Waals surface area contributed by atoms with E-state index in [1.807, 2.05) is 0 Å². The van der Waals surface area contributed by atoms with Crippen molar-refractivity contribution in [3.05, 3.63) is 24.3 Å². The van der Waals surface area contributed by atoms with Gasteiger partial charge in [0.1, 0.15) is 0 Å². The van der Waals surface area contributed by atoms with Crippen LogP contribution in [-0.2, 0) is 9.59 Å². The SMILES string of the molecule is C=CCC(CC(C)CCC=C(C)C)C(=O)C(=O)O. The maximum absolute atomic E-state index is 11.5. The predicted molar refractivity (Wildman–Crippen MR) is 73.4 cm³/mol. The molecule has 0 saturated carbocycles. The fourth-order valence-corrected chi connectivity index (χ4v) is 1.95. The average Bonchev–Trinajstić information content (AvgIpc) is 2.26. The van der Waals surface area contributed by atoms with Crippen molar-refractivity contribution in [3.63, 3.8) is 0 Å². The second kappa shape index (κ2) is 8.67. The highest BCUT2D eigenvalue weighted by Gasteiger charge is 2.25. The molecular weight excluding hydrogens is 228 g/mol. The van der Waals surface area contributed by atoms with Crippen LogP contribution in [-0.4, -0.2) is 16.9 Å². The third kappa shape index (κ3) is 7.05. The van der Waals surface area contributed by atoms with Crippen molar-refractivity contribution in [3.8, 4) is 0 Å². The van der Waals surface area contributed by atoms with Gasteiger partial charge in [-0.25, -0.2) is 4.79 Å². The van der Waals surface area contributed by atoms with Gasteiger partial charge in [0.15, 0.2) is 0 Å². The van der Waals surface area contributed by atoms with Crippen molar-refractivity contribution >= 4 is 11.8 Å². The Balaban J connectivity index is 4.31. The van der Waals surface area contributed by atoms with E-state index in [1.165, 1.54) is 5.57 Å². The Bertz CT molecular complexity index is 325. The molecular formula is C15H24O3. The van der Waals surface area contributed by atoms with Crippen LogP contribution in [0.15, 0.2) is 24.3 Å². The number of carbonyl (C=O) groups is 2. The summed E-state index contributed by atoms with van der Waals surface area (Å²) < 4.78 is 0. The number of Topliss-reactive ketones (excluding diaryl/α,β-unsaturated/α-hetero) is 1. The lowest BCUT2D eigenvalue weighted by Crippen LogP contribution is -2.24. The largest absolute Gasteiger partial charge is 0.475 e. The normalized spacial score (nSPS) is 13.5. The molecule has 0 heterocycles. The number of ketones is 1. The zero-order chi connectivity index (χ0) is 14.1. The summed E-state index contributed by atoms with van der Waals surface area (Å²) in [7, 11) is 0. The summed E-state index contributed by atoms with van der Waals surface area (Å²) in [6.45, 7) is 9.75. The molecule has 0 aromatic heterocycles. The molecule has 1 N–H and O–H groups in total. The third-order valence-corrected chi connectivity index (χ3v) is 2.93. The first-order valence-corrected chi connectivity index (χ1v) is 6.39. The summed E-state index contributed by atoms with van der Waals surface area (Å²) >= 11 is 0. The van der Waals surface area contributed by atoms with Gasteiger partial charge >= 0.3 is 5.97 Å². The molecule has 0 amide bonds. The van der Waals surface area contributed by atoms with E-state index in [-0.39, 0.29) is 0 Å². The highest BCUT2D eigenvalue weighted by molar-refractivity contribution is 6.33. The van der Waals surface area contributed by atoms with Gasteiger partial charge in [-0.3, -0.25) is 4.79 Å². The molecule has 0 saturated heterocycles. The van der Waals surface area contributed by atoms with Gasteiger partial charge in [0.2, 0.25) is 5.78 Å². The molecule has 0 aliphatic carbocycles. The number of hydrogen-bond acceptors (Lipinski definition) is 2. The minimum atomic E-state index is -1.33. The van der Waals surface area contributed by atoms with Crippen molar-refractivity contribution < 1.29 is 14.7 Å². The quantitative estimate of drug-likeness (QED) is 0.504. The van der Waals surface area contributed by atoms with Crippen LogP contribution < -0.4 is 0 Å². The molecule has 0 radical (unpaired) electrons. The molecule has 18 heavy (non-hydrogen) atoms. The van der Waals surface area contributed by atoms with Crippen LogP contribution in [0.2, 0.25) is 0 Å². The maximum atomic E-state index is 11.5. The van der Waals surface area contributed by atoms with Crippen molar-refractivity contribution in [2.75, 3.05) is 0 Å². The van der Waals surface area contributed by atoms with Gasteiger partial charge in [-0.15, -0.1) is 6.58 Å². The summed E-state index contributed by atoms with van der Waals surface area (Å²) in [6.07, 6.45) is 6.80.